The number of benzene rings is 1. The standard InChI is InChI=1S/C22H26N2O3/c1-2-16-11-21(25)23-22-24(16)12-18(27-22)13-26-17-7-8-20-15(10-17)9-14-5-3-4-6-19(14)20/h7-8,10-11,14,18-19H,2-6,9,12-13H2,1H3. The fourth-order valence-electron chi connectivity index (χ4n) is 5.13. The molecule has 3 aliphatic rings. The summed E-state index contributed by atoms with van der Waals surface area (Å²) in [5, 5.41) is 0. The molecule has 2 heterocycles. The van der Waals surface area contributed by atoms with Crippen LogP contribution in [-0.2, 0) is 19.4 Å². The van der Waals surface area contributed by atoms with Crippen molar-refractivity contribution in [3.63, 3.8) is 0 Å². The summed E-state index contributed by atoms with van der Waals surface area (Å²) in [5.41, 5.74) is 3.75. The first kappa shape index (κ1) is 16.8. The third kappa shape index (κ3) is 3.03. The van der Waals surface area contributed by atoms with Gasteiger partial charge < -0.3 is 9.47 Å². The molecule has 0 radical (unpaired) electrons. The van der Waals surface area contributed by atoms with E-state index < -0.39 is 0 Å². The molecule has 1 fully saturated rings. The number of nitrogens with zero attached hydrogens (tertiary/aromatic N) is 2. The minimum atomic E-state index is -0.236. The molecule has 0 saturated heterocycles. The number of aryl methyl sites for hydroxylation is 1. The Hall–Kier alpha value is -2.30. The molecule has 2 aromatic rings. The van der Waals surface area contributed by atoms with Crippen molar-refractivity contribution in [2.45, 2.75) is 64.0 Å². The molecule has 142 valence electrons. The molecular formula is C22H26N2O3. The summed E-state index contributed by atoms with van der Waals surface area (Å²) < 4.78 is 13.9. The predicted molar refractivity (Wildman–Crippen MR) is 103 cm³/mol. The van der Waals surface area contributed by atoms with Crippen LogP contribution in [0.25, 0.3) is 0 Å². The lowest BCUT2D eigenvalue weighted by Crippen LogP contribution is -2.23. The van der Waals surface area contributed by atoms with Crippen molar-refractivity contribution in [1.29, 1.82) is 0 Å². The van der Waals surface area contributed by atoms with E-state index in [1.54, 1.807) is 11.6 Å². The van der Waals surface area contributed by atoms with Gasteiger partial charge in [-0.05, 0) is 60.8 Å². The van der Waals surface area contributed by atoms with E-state index in [-0.39, 0.29) is 11.7 Å². The van der Waals surface area contributed by atoms with Crippen molar-refractivity contribution in [3.05, 3.63) is 51.4 Å². The molecule has 2 aliphatic carbocycles. The number of fused-ring (bicyclic) bond motifs is 4. The summed E-state index contributed by atoms with van der Waals surface area (Å²) in [6.07, 6.45) is 7.35. The quantitative estimate of drug-likeness (QED) is 0.831. The van der Waals surface area contributed by atoms with Crippen molar-refractivity contribution >= 4 is 0 Å². The Labute approximate surface area is 159 Å². The third-order valence-corrected chi connectivity index (χ3v) is 6.44. The van der Waals surface area contributed by atoms with Crippen molar-refractivity contribution in [2.24, 2.45) is 5.92 Å². The average Bonchev–Trinajstić information content (AvgIpc) is 3.25. The van der Waals surface area contributed by atoms with Gasteiger partial charge in [0.25, 0.3) is 11.6 Å². The van der Waals surface area contributed by atoms with Crippen LogP contribution in [-0.4, -0.2) is 22.3 Å². The van der Waals surface area contributed by atoms with Crippen LogP contribution in [0.5, 0.6) is 11.8 Å². The van der Waals surface area contributed by atoms with Crippen LogP contribution in [0.3, 0.4) is 0 Å². The van der Waals surface area contributed by atoms with E-state index >= 15 is 0 Å². The Morgan fingerprint density at radius 2 is 2.15 bits per heavy atom. The molecule has 3 unspecified atom stereocenters. The number of aromatic nitrogens is 2. The maximum Gasteiger partial charge on any atom is 0.300 e. The normalized spacial score (nSPS) is 25.4. The molecule has 0 amide bonds. The molecule has 5 rings (SSSR count). The van der Waals surface area contributed by atoms with Gasteiger partial charge in [0.05, 0.1) is 6.54 Å². The Morgan fingerprint density at radius 1 is 1.26 bits per heavy atom. The summed E-state index contributed by atoms with van der Waals surface area (Å²) in [6, 6.07) is 8.63. The molecule has 1 aliphatic heterocycles. The molecular weight excluding hydrogens is 340 g/mol. The summed E-state index contributed by atoms with van der Waals surface area (Å²) >= 11 is 0. The SMILES string of the molecule is CCc1cc(=O)nc2n1CC(COc1ccc3c(c1)CC1CCCCC31)O2. The second-order valence-corrected chi connectivity index (χ2v) is 8.10. The highest BCUT2D eigenvalue weighted by Crippen LogP contribution is 2.47. The monoisotopic (exact) mass is 366 g/mol. The van der Waals surface area contributed by atoms with Gasteiger partial charge in [-0.3, -0.25) is 9.36 Å². The highest BCUT2D eigenvalue weighted by atomic mass is 16.6. The lowest BCUT2D eigenvalue weighted by Gasteiger charge is -2.25. The number of rotatable bonds is 4. The van der Waals surface area contributed by atoms with Gasteiger partial charge in [-0.1, -0.05) is 25.8 Å². The maximum absolute atomic E-state index is 11.7. The predicted octanol–water partition coefficient (Wildman–Crippen LogP) is 3.48. The van der Waals surface area contributed by atoms with Crippen LogP contribution in [0.1, 0.15) is 55.3 Å². The van der Waals surface area contributed by atoms with Gasteiger partial charge in [0.1, 0.15) is 12.4 Å². The lowest BCUT2D eigenvalue weighted by molar-refractivity contribution is 0.143. The molecule has 1 aromatic carbocycles. The summed E-state index contributed by atoms with van der Waals surface area (Å²) in [4.78, 5) is 15.7. The Bertz CT molecular complexity index is 920. The molecule has 5 nitrogen and oxygen atoms in total. The molecule has 5 heteroatoms. The number of ether oxygens (including phenoxy) is 2. The summed E-state index contributed by atoms with van der Waals surface area (Å²) in [7, 11) is 0. The van der Waals surface area contributed by atoms with Crippen molar-refractivity contribution in [2.75, 3.05) is 6.61 Å². The van der Waals surface area contributed by atoms with Crippen LogP contribution in [0.2, 0.25) is 0 Å². The van der Waals surface area contributed by atoms with Crippen LogP contribution < -0.4 is 15.0 Å². The van der Waals surface area contributed by atoms with Crippen LogP contribution >= 0.6 is 0 Å². The number of hydrogen-bond donors (Lipinski definition) is 0. The summed E-state index contributed by atoms with van der Waals surface area (Å²) in [6.45, 7) is 3.18. The fourth-order valence-corrected chi connectivity index (χ4v) is 5.13. The van der Waals surface area contributed by atoms with E-state index in [0.29, 0.717) is 19.2 Å². The molecule has 1 saturated carbocycles. The molecule has 3 atom stereocenters. The fraction of sp³-hybridized carbons (Fsp3) is 0.545. The van der Waals surface area contributed by atoms with E-state index in [1.165, 1.54) is 37.7 Å². The van der Waals surface area contributed by atoms with Gasteiger partial charge in [-0.25, -0.2) is 0 Å². The van der Waals surface area contributed by atoms with Crippen LogP contribution in [0.15, 0.2) is 29.1 Å². The minimum absolute atomic E-state index is 0.111. The minimum Gasteiger partial charge on any atom is -0.490 e. The van der Waals surface area contributed by atoms with Crippen molar-refractivity contribution in [3.8, 4) is 11.8 Å². The number of hydrogen-bond acceptors (Lipinski definition) is 4. The van der Waals surface area contributed by atoms with Gasteiger partial charge in [-0.2, -0.15) is 4.98 Å². The second kappa shape index (κ2) is 6.70. The largest absolute Gasteiger partial charge is 0.490 e. The van der Waals surface area contributed by atoms with Gasteiger partial charge in [-0.15, -0.1) is 0 Å². The van der Waals surface area contributed by atoms with E-state index in [0.717, 1.165) is 29.7 Å². The zero-order valence-electron chi connectivity index (χ0n) is 15.8. The average molecular weight is 366 g/mol. The van der Waals surface area contributed by atoms with Crippen molar-refractivity contribution < 1.29 is 9.47 Å². The maximum atomic E-state index is 11.7. The van der Waals surface area contributed by atoms with E-state index in [2.05, 4.69) is 23.2 Å². The Balaban J connectivity index is 1.26. The highest BCUT2D eigenvalue weighted by Gasteiger charge is 2.34. The van der Waals surface area contributed by atoms with Gasteiger partial charge >= 0.3 is 0 Å². The topological polar surface area (TPSA) is 53.4 Å². The molecule has 0 bridgehead atoms. The van der Waals surface area contributed by atoms with Crippen LogP contribution in [0, 0.1) is 5.92 Å². The summed E-state index contributed by atoms with van der Waals surface area (Å²) in [5.74, 6) is 2.53. The third-order valence-electron chi connectivity index (χ3n) is 6.44. The molecule has 27 heavy (non-hydrogen) atoms. The van der Waals surface area contributed by atoms with Crippen molar-refractivity contribution in [1.82, 2.24) is 9.55 Å². The smallest absolute Gasteiger partial charge is 0.300 e. The first-order valence-corrected chi connectivity index (χ1v) is 10.2. The second-order valence-electron chi connectivity index (χ2n) is 8.10. The van der Waals surface area contributed by atoms with Crippen LogP contribution in [0.4, 0.5) is 0 Å². The van der Waals surface area contributed by atoms with E-state index in [1.807, 2.05) is 11.5 Å². The zero-order chi connectivity index (χ0) is 18.4. The highest BCUT2D eigenvalue weighted by molar-refractivity contribution is 5.42. The molecule has 0 spiro atoms. The lowest BCUT2D eigenvalue weighted by atomic mass is 9.80. The Kier molecular flexibility index (Phi) is 4.18. The zero-order valence-corrected chi connectivity index (χ0v) is 15.8. The van der Waals surface area contributed by atoms with Gasteiger partial charge in [0.2, 0.25) is 0 Å². The Morgan fingerprint density at radius 3 is 3.04 bits per heavy atom. The molecule has 1 aromatic heterocycles. The van der Waals surface area contributed by atoms with Gasteiger partial charge in [0.15, 0.2) is 6.10 Å². The van der Waals surface area contributed by atoms with E-state index in [9.17, 15) is 4.79 Å². The first-order valence-electron chi connectivity index (χ1n) is 10.2. The van der Waals surface area contributed by atoms with Gasteiger partial charge in [0, 0.05) is 11.8 Å². The van der Waals surface area contributed by atoms with E-state index in [4.69, 9.17) is 9.47 Å². The molecule has 0 N–H and O–H groups in total. The first-order chi connectivity index (χ1) is 13.2.